The lowest BCUT2D eigenvalue weighted by molar-refractivity contribution is -0.0327. The van der Waals surface area contributed by atoms with Crippen molar-refractivity contribution in [2.24, 2.45) is 0 Å². The molecule has 0 saturated heterocycles. The van der Waals surface area contributed by atoms with Crippen molar-refractivity contribution in [2.45, 2.75) is 5.51 Å². The van der Waals surface area contributed by atoms with Crippen molar-refractivity contribution in [1.82, 2.24) is 0 Å². The lowest BCUT2D eigenvalue weighted by Gasteiger charge is -2.11. The molecule has 0 fully saturated rings. The van der Waals surface area contributed by atoms with Crippen LogP contribution in [0.25, 0.3) is 0 Å². The maximum atomic E-state index is 11.8. The maximum Gasteiger partial charge on any atom is 0.441 e. The molecule has 0 heterocycles. The molecule has 0 aromatic heterocycles. The number of nitrogen functional groups attached to an aromatic ring is 1. The van der Waals surface area contributed by atoms with Crippen molar-refractivity contribution in [3.8, 4) is 0 Å². The fraction of sp³-hybridized carbons (Fsp3) is 0.333. The fourth-order valence-corrected chi connectivity index (χ4v) is 1.75. The average molecular weight is 271 g/mol. The SMILES string of the molecule is Nc1cccc(Cl)c1NCCSC(F)(F)F. The van der Waals surface area contributed by atoms with Gasteiger partial charge in [0.1, 0.15) is 0 Å². The van der Waals surface area contributed by atoms with Crippen LogP contribution in [0.3, 0.4) is 0 Å². The smallest absolute Gasteiger partial charge is 0.397 e. The van der Waals surface area contributed by atoms with Gasteiger partial charge in [0.25, 0.3) is 0 Å². The van der Waals surface area contributed by atoms with Crippen LogP contribution in [0.2, 0.25) is 5.02 Å². The molecule has 0 aliphatic rings. The highest BCUT2D eigenvalue weighted by Crippen LogP contribution is 2.31. The molecular formula is C9H10ClF3N2S. The highest BCUT2D eigenvalue weighted by Gasteiger charge is 2.27. The summed E-state index contributed by atoms with van der Waals surface area (Å²) in [5, 5.41) is 3.18. The maximum absolute atomic E-state index is 11.8. The number of anilines is 2. The zero-order valence-corrected chi connectivity index (χ0v) is 9.72. The van der Waals surface area contributed by atoms with Crippen LogP contribution in [0.4, 0.5) is 24.5 Å². The van der Waals surface area contributed by atoms with Gasteiger partial charge in [-0.3, -0.25) is 0 Å². The minimum absolute atomic E-state index is 0.0819. The predicted octanol–water partition coefficient (Wildman–Crippen LogP) is 3.59. The van der Waals surface area contributed by atoms with E-state index in [9.17, 15) is 13.2 Å². The van der Waals surface area contributed by atoms with Gasteiger partial charge in [-0.15, -0.1) is 0 Å². The standard InChI is InChI=1S/C9H10ClF3N2S/c10-6-2-1-3-7(14)8(6)15-4-5-16-9(11,12)13/h1-3,15H,4-5,14H2. The number of thioether (sulfide) groups is 1. The monoisotopic (exact) mass is 270 g/mol. The van der Waals surface area contributed by atoms with Crippen LogP contribution < -0.4 is 11.1 Å². The van der Waals surface area contributed by atoms with Gasteiger partial charge in [-0.2, -0.15) is 13.2 Å². The molecule has 90 valence electrons. The zero-order valence-electron chi connectivity index (χ0n) is 8.14. The van der Waals surface area contributed by atoms with Crippen LogP contribution in [0.5, 0.6) is 0 Å². The second-order valence-electron chi connectivity index (χ2n) is 2.93. The lowest BCUT2D eigenvalue weighted by Crippen LogP contribution is -2.10. The van der Waals surface area contributed by atoms with E-state index in [1.54, 1.807) is 18.2 Å². The Balaban J connectivity index is 2.43. The summed E-state index contributed by atoms with van der Waals surface area (Å²) >= 11 is 5.74. The second-order valence-corrected chi connectivity index (χ2v) is 4.49. The van der Waals surface area contributed by atoms with E-state index in [4.69, 9.17) is 17.3 Å². The van der Waals surface area contributed by atoms with E-state index in [2.05, 4.69) is 5.32 Å². The van der Waals surface area contributed by atoms with Gasteiger partial charge in [0.05, 0.1) is 16.4 Å². The Morgan fingerprint density at radius 1 is 1.38 bits per heavy atom. The van der Waals surface area contributed by atoms with E-state index in [0.29, 0.717) is 16.4 Å². The minimum Gasteiger partial charge on any atom is -0.397 e. The number of alkyl halides is 3. The Morgan fingerprint density at radius 2 is 2.06 bits per heavy atom. The molecule has 0 radical (unpaired) electrons. The van der Waals surface area contributed by atoms with E-state index in [-0.39, 0.29) is 24.1 Å². The summed E-state index contributed by atoms with van der Waals surface area (Å²) in [6.45, 7) is 0.151. The third-order valence-corrected chi connectivity index (χ3v) is 2.77. The number of hydrogen-bond acceptors (Lipinski definition) is 3. The van der Waals surface area contributed by atoms with Crippen molar-refractivity contribution in [3.63, 3.8) is 0 Å². The molecule has 2 nitrogen and oxygen atoms in total. The van der Waals surface area contributed by atoms with Crippen molar-refractivity contribution >= 4 is 34.7 Å². The third kappa shape index (κ3) is 4.40. The number of para-hydroxylation sites is 1. The Labute approximate surface area is 100 Å². The molecule has 0 unspecified atom stereocenters. The number of halogens is 4. The Kier molecular flexibility index (Phi) is 4.61. The number of rotatable bonds is 4. The fourth-order valence-electron chi connectivity index (χ4n) is 1.07. The Hall–Kier alpha value is -0.750. The first-order chi connectivity index (χ1) is 7.40. The molecule has 0 amide bonds. The normalized spacial score (nSPS) is 11.5. The molecule has 7 heteroatoms. The molecule has 0 atom stereocenters. The zero-order chi connectivity index (χ0) is 12.2. The van der Waals surface area contributed by atoms with Crippen molar-refractivity contribution in [3.05, 3.63) is 23.2 Å². The molecule has 16 heavy (non-hydrogen) atoms. The molecule has 0 spiro atoms. The number of hydrogen-bond donors (Lipinski definition) is 2. The Morgan fingerprint density at radius 3 is 2.62 bits per heavy atom. The van der Waals surface area contributed by atoms with Crippen LogP contribution in [0.15, 0.2) is 18.2 Å². The molecule has 1 aromatic rings. The second kappa shape index (κ2) is 5.54. The summed E-state index contributed by atoms with van der Waals surface area (Å²) in [6.07, 6.45) is 0. The first-order valence-corrected chi connectivity index (χ1v) is 5.75. The van der Waals surface area contributed by atoms with Gasteiger partial charge >= 0.3 is 5.51 Å². The topological polar surface area (TPSA) is 38.0 Å². The Bertz CT molecular complexity index is 337. The van der Waals surface area contributed by atoms with Crippen molar-refractivity contribution < 1.29 is 13.2 Å². The van der Waals surface area contributed by atoms with Crippen LogP contribution >= 0.6 is 23.4 Å². The van der Waals surface area contributed by atoms with Gasteiger partial charge in [-0.05, 0) is 23.9 Å². The lowest BCUT2D eigenvalue weighted by atomic mass is 10.2. The van der Waals surface area contributed by atoms with E-state index in [1.165, 1.54) is 0 Å². The largest absolute Gasteiger partial charge is 0.441 e. The van der Waals surface area contributed by atoms with E-state index < -0.39 is 5.51 Å². The summed E-state index contributed by atoms with van der Waals surface area (Å²) in [5.41, 5.74) is 2.31. The molecule has 0 aliphatic carbocycles. The average Bonchev–Trinajstić information content (AvgIpc) is 2.14. The van der Waals surface area contributed by atoms with Gasteiger partial charge < -0.3 is 11.1 Å². The van der Waals surface area contributed by atoms with E-state index in [1.807, 2.05) is 0 Å². The van der Waals surface area contributed by atoms with Crippen molar-refractivity contribution in [1.29, 1.82) is 0 Å². The molecule has 3 N–H and O–H groups in total. The van der Waals surface area contributed by atoms with Crippen LogP contribution in [-0.2, 0) is 0 Å². The van der Waals surface area contributed by atoms with Crippen LogP contribution in [0, 0.1) is 0 Å². The summed E-state index contributed by atoms with van der Waals surface area (Å²) in [6, 6.07) is 4.93. The number of benzene rings is 1. The molecule has 1 aromatic carbocycles. The van der Waals surface area contributed by atoms with E-state index in [0.717, 1.165) is 0 Å². The van der Waals surface area contributed by atoms with Gasteiger partial charge in [0, 0.05) is 12.3 Å². The summed E-state index contributed by atoms with van der Waals surface area (Å²) < 4.78 is 35.5. The summed E-state index contributed by atoms with van der Waals surface area (Å²) in [5.74, 6) is -0.0891. The summed E-state index contributed by atoms with van der Waals surface area (Å²) in [7, 11) is 0. The van der Waals surface area contributed by atoms with Gasteiger partial charge in [-0.25, -0.2) is 0 Å². The highest BCUT2D eigenvalue weighted by atomic mass is 35.5. The van der Waals surface area contributed by atoms with E-state index >= 15 is 0 Å². The minimum atomic E-state index is -4.20. The van der Waals surface area contributed by atoms with Gasteiger partial charge in [0.2, 0.25) is 0 Å². The van der Waals surface area contributed by atoms with Gasteiger partial charge in [-0.1, -0.05) is 17.7 Å². The molecule has 0 aliphatic heterocycles. The summed E-state index contributed by atoms with van der Waals surface area (Å²) in [4.78, 5) is 0. The highest BCUT2D eigenvalue weighted by molar-refractivity contribution is 8.00. The predicted molar refractivity (Wildman–Crippen MR) is 62.9 cm³/mol. The number of nitrogens with two attached hydrogens (primary N) is 1. The number of nitrogens with one attached hydrogen (secondary N) is 1. The molecular weight excluding hydrogens is 261 g/mol. The first kappa shape index (κ1) is 13.3. The third-order valence-electron chi connectivity index (χ3n) is 1.72. The van der Waals surface area contributed by atoms with Crippen molar-refractivity contribution in [2.75, 3.05) is 23.3 Å². The molecule has 0 saturated carbocycles. The van der Waals surface area contributed by atoms with Crippen LogP contribution in [0.1, 0.15) is 0 Å². The molecule has 1 rings (SSSR count). The molecule has 0 bridgehead atoms. The first-order valence-electron chi connectivity index (χ1n) is 4.38. The van der Waals surface area contributed by atoms with Gasteiger partial charge in [0.15, 0.2) is 0 Å². The quantitative estimate of drug-likeness (QED) is 0.649. The van der Waals surface area contributed by atoms with Crippen LogP contribution in [-0.4, -0.2) is 17.8 Å².